The minimum atomic E-state index is -0.504. The minimum Gasteiger partial charge on any atom is -0.294 e. The number of carbonyl (C=O) groups excluding carboxylic acids is 1. The van der Waals surface area contributed by atoms with Gasteiger partial charge in [0.25, 0.3) is 5.69 Å². The standard InChI is InChI=1S/C14H9BrFNO3/c15-12-6-3-10(8-13(12)16)14(18)7-9-1-4-11(5-2-9)17(19)20/h1-6,8H,7H2. The van der Waals surface area contributed by atoms with E-state index in [1.54, 1.807) is 0 Å². The number of rotatable bonds is 4. The van der Waals surface area contributed by atoms with Gasteiger partial charge in [0.1, 0.15) is 5.82 Å². The highest BCUT2D eigenvalue weighted by atomic mass is 79.9. The zero-order valence-corrected chi connectivity index (χ0v) is 11.8. The first-order valence-corrected chi connectivity index (χ1v) is 6.48. The molecule has 0 saturated heterocycles. The molecule has 4 nitrogen and oxygen atoms in total. The molecule has 20 heavy (non-hydrogen) atoms. The van der Waals surface area contributed by atoms with Gasteiger partial charge in [-0.15, -0.1) is 0 Å². The number of ketones is 1. The van der Waals surface area contributed by atoms with Crippen molar-refractivity contribution in [2.75, 3.05) is 0 Å². The summed E-state index contributed by atoms with van der Waals surface area (Å²) in [5, 5.41) is 10.5. The van der Waals surface area contributed by atoms with E-state index in [4.69, 9.17) is 0 Å². The minimum absolute atomic E-state index is 0.0316. The van der Waals surface area contributed by atoms with Gasteiger partial charge in [-0.05, 0) is 33.6 Å². The van der Waals surface area contributed by atoms with Crippen molar-refractivity contribution in [3.8, 4) is 0 Å². The van der Waals surface area contributed by atoms with Crippen LogP contribution < -0.4 is 0 Å². The molecule has 0 radical (unpaired) electrons. The van der Waals surface area contributed by atoms with Crippen LogP contribution in [0.2, 0.25) is 0 Å². The summed E-state index contributed by atoms with van der Waals surface area (Å²) >= 11 is 3.02. The molecule has 0 fully saturated rings. The summed E-state index contributed by atoms with van der Waals surface area (Å²) in [6, 6.07) is 9.88. The molecule has 0 saturated carbocycles. The van der Waals surface area contributed by atoms with Gasteiger partial charge in [0, 0.05) is 24.1 Å². The van der Waals surface area contributed by atoms with Crippen molar-refractivity contribution in [2.24, 2.45) is 0 Å². The molecule has 102 valence electrons. The Bertz CT molecular complexity index is 671. The first kappa shape index (κ1) is 14.3. The molecule has 0 aliphatic rings. The quantitative estimate of drug-likeness (QED) is 0.482. The average molecular weight is 338 g/mol. The Morgan fingerprint density at radius 2 is 1.85 bits per heavy atom. The van der Waals surface area contributed by atoms with E-state index >= 15 is 0 Å². The molecular formula is C14H9BrFNO3. The fourth-order valence-electron chi connectivity index (χ4n) is 1.69. The molecule has 2 aromatic carbocycles. The lowest BCUT2D eigenvalue weighted by molar-refractivity contribution is -0.384. The number of halogens is 2. The third kappa shape index (κ3) is 3.27. The molecule has 0 aliphatic carbocycles. The first-order chi connectivity index (χ1) is 9.47. The van der Waals surface area contributed by atoms with Gasteiger partial charge in [0.05, 0.1) is 9.40 Å². The number of carbonyl (C=O) groups is 1. The van der Waals surface area contributed by atoms with Gasteiger partial charge < -0.3 is 0 Å². The van der Waals surface area contributed by atoms with Crippen LogP contribution in [0.5, 0.6) is 0 Å². The van der Waals surface area contributed by atoms with Crippen LogP contribution in [0, 0.1) is 15.9 Å². The number of Topliss-reactive ketones (excluding diaryl/α,β-unsaturated/α-hetero) is 1. The Morgan fingerprint density at radius 3 is 2.40 bits per heavy atom. The normalized spacial score (nSPS) is 10.3. The third-order valence-electron chi connectivity index (χ3n) is 2.75. The van der Waals surface area contributed by atoms with Gasteiger partial charge in [-0.25, -0.2) is 4.39 Å². The molecule has 2 rings (SSSR count). The predicted octanol–water partition coefficient (Wildman–Crippen LogP) is 3.92. The van der Waals surface area contributed by atoms with Crippen LogP contribution in [-0.4, -0.2) is 10.7 Å². The molecular weight excluding hydrogens is 329 g/mol. The van der Waals surface area contributed by atoms with Gasteiger partial charge in [-0.1, -0.05) is 18.2 Å². The number of hydrogen-bond acceptors (Lipinski definition) is 3. The van der Waals surface area contributed by atoms with Crippen molar-refractivity contribution in [1.82, 2.24) is 0 Å². The van der Waals surface area contributed by atoms with Crippen LogP contribution in [0.25, 0.3) is 0 Å². The molecule has 0 heterocycles. The maximum atomic E-state index is 13.3. The summed E-state index contributed by atoms with van der Waals surface area (Å²) < 4.78 is 13.6. The lowest BCUT2D eigenvalue weighted by atomic mass is 10.0. The lowest BCUT2D eigenvalue weighted by Crippen LogP contribution is -2.04. The Morgan fingerprint density at radius 1 is 1.20 bits per heavy atom. The summed E-state index contributed by atoms with van der Waals surface area (Å²) in [5.41, 5.74) is 0.879. The van der Waals surface area contributed by atoms with Crippen LogP contribution >= 0.6 is 15.9 Å². The van der Waals surface area contributed by atoms with Crippen LogP contribution in [0.1, 0.15) is 15.9 Å². The molecule has 0 amide bonds. The SMILES string of the molecule is O=C(Cc1ccc([N+](=O)[O-])cc1)c1ccc(Br)c(F)c1. The number of nitrogens with zero attached hydrogens (tertiary/aromatic N) is 1. The van der Waals surface area contributed by atoms with Crippen molar-refractivity contribution in [3.05, 3.63) is 74.0 Å². The second-order valence-electron chi connectivity index (χ2n) is 4.15. The maximum absolute atomic E-state index is 13.3. The molecule has 2 aromatic rings. The van der Waals surface area contributed by atoms with Gasteiger partial charge in [-0.2, -0.15) is 0 Å². The lowest BCUT2D eigenvalue weighted by Gasteiger charge is -2.03. The van der Waals surface area contributed by atoms with Crippen LogP contribution in [-0.2, 0) is 6.42 Å². The van der Waals surface area contributed by atoms with Crippen LogP contribution in [0.15, 0.2) is 46.9 Å². The fraction of sp³-hybridized carbons (Fsp3) is 0.0714. The Kier molecular flexibility index (Phi) is 4.24. The monoisotopic (exact) mass is 337 g/mol. The Balaban J connectivity index is 2.14. The van der Waals surface area contributed by atoms with Crippen molar-refractivity contribution < 1.29 is 14.1 Å². The fourth-order valence-corrected chi connectivity index (χ4v) is 1.94. The number of nitro groups is 1. The van der Waals surface area contributed by atoms with E-state index in [0.717, 1.165) is 6.07 Å². The summed E-state index contributed by atoms with van der Waals surface area (Å²) in [7, 11) is 0. The largest absolute Gasteiger partial charge is 0.294 e. The third-order valence-corrected chi connectivity index (χ3v) is 3.40. The second kappa shape index (κ2) is 5.92. The van der Waals surface area contributed by atoms with E-state index in [2.05, 4.69) is 15.9 Å². The molecule has 0 spiro atoms. The Hall–Kier alpha value is -2.08. The molecule has 0 aliphatic heterocycles. The molecule has 6 heteroatoms. The van der Waals surface area contributed by atoms with Crippen LogP contribution in [0.4, 0.5) is 10.1 Å². The summed E-state index contributed by atoms with van der Waals surface area (Å²) in [6.45, 7) is 0. The molecule has 0 unspecified atom stereocenters. The van der Waals surface area contributed by atoms with Gasteiger partial charge >= 0.3 is 0 Å². The average Bonchev–Trinajstić information content (AvgIpc) is 2.42. The van der Waals surface area contributed by atoms with Gasteiger partial charge in [-0.3, -0.25) is 14.9 Å². The van der Waals surface area contributed by atoms with E-state index in [1.807, 2.05) is 0 Å². The van der Waals surface area contributed by atoms with Crippen molar-refractivity contribution in [2.45, 2.75) is 6.42 Å². The highest BCUT2D eigenvalue weighted by Gasteiger charge is 2.11. The van der Waals surface area contributed by atoms with E-state index in [0.29, 0.717) is 10.0 Å². The molecule has 0 aromatic heterocycles. The Labute approximate surface area is 122 Å². The summed E-state index contributed by atoms with van der Waals surface area (Å²) in [5.74, 6) is -0.746. The predicted molar refractivity (Wildman–Crippen MR) is 75.2 cm³/mol. The van der Waals surface area contributed by atoms with Crippen LogP contribution in [0.3, 0.4) is 0 Å². The highest BCUT2D eigenvalue weighted by molar-refractivity contribution is 9.10. The van der Waals surface area contributed by atoms with Gasteiger partial charge in [0.15, 0.2) is 5.78 Å². The topological polar surface area (TPSA) is 60.2 Å². The highest BCUT2D eigenvalue weighted by Crippen LogP contribution is 2.18. The molecule has 0 N–H and O–H groups in total. The van der Waals surface area contributed by atoms with Gasteiger partial charge in [0.2, 0.25) is 0 Å². The van der Waals surface area contributed by atoms with Crippen molar-refractivity contribution in [3.63, 3.8) is 0 Å². The maximum Gasteiger partial charge on any atom is 0.269 e. The number of benzene rings is 2. The van der Waals surface area contributed by atoms with E-state index < -0.39 is 10.7 Å². The van der Waals surface area contributed by atoms with E-state index in [1.165, 1.54) is 36.4 Å². The second-order valence-corrected chi connectivity index (χ2v) is 5.01. The zero-order valence-electron chi connectivity index (χ0n) is 10.2. The molecule has 0 atom stereocenters. The van der Waals surface area contributed by atoms with E-state index in [-0.39, 0.29) is 23.5 Å². The zero-order chi connectivity index (χ0) is 14.7. The van der Waals surface area contributed by atoms with Crippen molar-refractivity contribution >= 4 is 27.4 Å². The number of nitro benzene ring substituents is 1. The van der Waals surface area contributed by atoms with Crippen molar-refractivity contribution in [1.29, 1.82) is 0 Å². The van der Waals surface area contributed by atoms with E-state index in [9.17, 15) is 19.3 Å². The smallest absolute Gasteiger partial charge is 0.269 e. The molecule has 0 bridgehead atoms. The first-order valence-electron chi connectivity index (χ1n) is 5.69. The summed E-state index contributed by atoms with van der Waals surface area (Å²) in [6.07, 6.45) is 0.0685. The number of hydrogen-bond donors (Lipinski definition) is 0. The summed E-state index contributed by atoms with van der Waals surface area (Å²) in [4.78, 5) is 22.0. The number of non-ortho nitro benzene ring substituents is 1.